The number of carbonyl (C=O) groups excluding carboxylic acids is 1. The Kier molecular flexibility index (Phi) is 6.03. The summed E-state index contributed by atoms with van der Waals surface area (Å²) in [6.45, 7) is 4.93. The fraction of sp³-hybridized carbons (Fsp3) is 0.316. The number of hydrogen-bond acceptors (Lipinski definition) is 3. The normalized spacial score (nSPS) is 10.2. The molecule has 0 aliphatic rings. The van der Waals surface area contributed by atoms with Crippen LogP contribution in [0.15, 0.2) is 42.5 Å². The van der Waals surface area contributed by atoms with Crippen molar-refractivity contribution in [2.24, 2.45) is 0 Å². The van der Waals surface area contributed by atoms with Gasteiger partial charge >= 0.3 is 0 Å². The average Bonchev–Trinajstić information content (AvgIpc) is 2.59. The van der Waals surface area contributed by atoms with Gasteiger partial charge in [0.15, 0.2) is 0 Å². The first-order valence-electron chi connectivity index (χ1n) is 7.78. The molecule has 0 bridgehead atoms. The van der Waals surface area contributed by atoms with E-state index < -0.39 is 0 Å². The smallest absolute Gasteiger partial charge is 0.251 e. The number of nitrogens with one attached hydrogen (secondary N) is 1. The minimum absolute atomic E-state index is 0.110. The van der Waals surface area contributed by atoms with Crippen LogP contribution in [0, 0.1) is 6.92 Å². The molecule has 0 aromatic heterocycles. The molecule has 0 radical (unpaired) electrons. The van der Waals surface area contributed by atoms with E-state index in [1.54, 1.807) is 19.2 Å². The third kappa shape index (κ3) is 4.74. The van der Waals surface area contributed by atoms with E-state index in [0.29, 0.717) is 18.7 Å². The Hall–Kier alpha value is -2.49. The van der Waals surface area contributed by atoms with Gasteiger partial charge in [-0.1, -0.05) is 19.1 Å². The zero-order valence-corrected chi connectivity index (χ0v) is 13.9. The largest absolute Gasteiger partial charge is 0.496 e. The molecule has 0 spiro atoms. The Morgan fingerprint density at radius 3 is 2.48 bits per heavy atom. The summed E-state index contributed by atoms with van der Waals surface area (Å²) in [4.78, 5) is 12.1. The summed E-state index contributed by atoms with van der Waals surface area (Å²) < 4.78 is 10.8. The van der Waals surface area contributed by atoms with E-state index in [0.717, 1.165) is 23.5 Å². The number of ether oxygens (including phenoxy) is 2. The highest BCUT2D eigenvalue weighted by Crippen LogP contribution is 2.18. The predicted molar refractivity (Wildman–Crippen MR) is 91.4 cm³/mol. The number of methoxy groups -OCH3 is 1. The van der Waals surface area contributed by atoms with Gasteiger partial charge in [0.1, 0.15) is 18.1 Å². The highest BCUT2D eigenvalue weighted by atomic mass is 16.5. The van der Waals surface area contributed by atoms with Crippen LogP contribution in [-0.4, -0.2) is 26.2 Å². The molecular weight excluding hydrogens is 290 g/mol. The van der Waals surface area contributed by atoms with Crippen molar-refractivity contribution in [3.05, 3.63) is 59.2 Å². The zero-order valence-electron chi connectivity index (χ0n) is 13.9. The summed E-state index contributed by atoms with van der Waals surface area (Å²) in [5.74, 6) is 1.48. The Morgan fingerprint density at radius 1 is 1.13 bits per heavy atom. The molecule has 2 aromatic carbocycles. The lowest BCUT2D eigenvalue weighted by Crippen LogP contribution is -2.28. The highest BCUT2D eigenvalue weighted by Gasteiger charge is 2.07. The summed E-state index contributed by atoms with van der Waals surface area (Å²) in [5.41, 5.74) is 2.84. The molecule has 2 aromatic rings. The second kappa shape index (κ2) is 8.22. The van der Waals surface area contributed by atoms with E-state index in [1.807, 2.05) is 37.3 Å². The first-order valence-corrected chi connectivity index (χ1v) is 7.78. The quantitative estimate of drug-likeness (QED) is 0.797. The van der Waals surface area contributed by atoms with Crippen molar-refractivity contribution in [3.63, 3.8) is 0 Å². The molecule has 4 nitrogen and oxygen atoms in total. The van der Waals surface area contributed by atoms with E-state index in [2.05, 4.69) is 12.2 Å². The first kappa shape index (κ1) is 16.9. The van der Waals surface area contributed by atoms with Crippen molar-refractivity contribution >= 4 is 5.91 Å². The minimum atomic E-state index is -0.110. The number of amides is 1. The molecule has 0 saturated heterocycles. The molecule has 0 unspecified atom stereocenters. The fourth-order valence-electron chi connectivity index (χ4n) is 2.28. The van der Waals surface area contributed by atoms with Gasteiger partial charge in [-0.25, -0.2) is 0 Å². The number of aryl methyl sites for hydroxylation is 2. The molecule has 0 saturated carbocycles. The third-order valence-corrected chi connectivity index (χ3v) is 3.64. The van der Waals surface area contributed by atoms with Crippen LogP contribution < -0.4 is 14.8 Å². The van der Waals surface area contributed by atoms with Crippen LogP contribution in [0.1, 0.15) is 28.4 Å². The number of rotatable bonds is 7. The molecule has 4 heteroatoms. The summed E-state index contributed by atoms with van der Waals surface area (Å²) >= 11 is 0. The minimum Gasteiger partial charge on any atom is -0.496 e. The van der Waals surface area contributed by atoms with Crippen molar-refractivity contribution in [1.29, 1.82) is 0 Å². The van der Waals surface area contributed by atoms with Crippen molar-refractivity contribution in [1.82, 2.24) is 5.32 Å². The highest BCUT2D eigenvalue weighted by molar-refractivity contribution is 5.94. The topological polar surface area (TPSA) is 47.6 Å². The number of hydrogen-bond donors (Lipinski definition) is 1. The van der Waals surface area contributed by atoms with Crippen LogP contribution in [0.4, 0.5) is 0 Å². The molecule has 1 N–H and O–H groups in total. The second-order valence-electron chi connectivity index (χ2n) is 5.29. The standard InChI is InChI=1S/C19H23NO3/c1-4-15-5-8-17(9-6-15)23-12-11-20-19(21)16-7-10-18(22-3)14(2)13-16/h5-10,13H,4,11-12H2,1-3H3,(H,20,21). The molecular formula is C19H23NO3. The summed E-state index contributed by atoms with van der Waals surface area (Å²) in [6, 6.07) is 13.4. The Morgan fingerprint density at radius 2 is 1.87 bits per heavy atom. The molecule has 2 rings (SSSR count). The van der Waals surface area contributed by atoms with Crippen LogP contribution in [-0.2, 0) is 6.42 Å². The van der Waals surface area contributed by atoms with Gasteiger partial charge in [0.2, 0.25) is 0 Å². The van der Waals surface area contributed by atoms with Crippen molar-refractivity contribution in [2.45, 2.75) is 20.3 Å². The zero-order chi connectivity index (χ0) is 16.7. The first-order chi connectivity index (χ1) is 11.1. The maximum atomic E-state index is 12.1. The SMILES string of the molecule is CCc1ccc(OCCNC(=O)c2ccc(OC)c(C)c2)cc1. The van der Waals surface area contributed by atoms with E-state index in [9.17, 15) is 4.79 Å². The molecule has 23 heavy (non-hydrogen) atoms. The van der Waals surface area contributed by atoms with Gasteiger partial charge in [-0.15, -0.1) is 0 Å². The molecule has 122 valence electrons. The molecule has 0 heterocycles. The van der Waals surface area contributed by atoms with Gasteiger partial charge < -0.3 is 14.8 Å². The fourth-order valence-corrected chi connectivity index (χ4v) is 2.28. The predicted octanol–water partition coefficient (Wildman–Crippen LogP) is 3.37. The summed E-state index contributed by atoms with van der Waals surface area (Å²) in [7, 11) is 1.62. The molecule has 1 amide bonds. The Balaban J connectivity index is 1.79. The number of benzene rings is 2. The van der Waals surface area contributed by atoms with Gasteiger partial charge in [0.05, 0.1) is 13.7 Å². The van der Waals surface area contributed by atoms with Crippen LogP contribution in [0.25, 0.3) is 0 Å². The van der Waals surface area contributed by atoms with Crippen LogP contribution in [0.2, 0.25) is 0 Å². The second-order valence-corrected chi connectivity index (χ2v) is 5.29. The van der Waals surface area contributed by atoms with E-state index in [1.165, 1.54) is 5.56 Å². The van der Waals surface area contributed by atoms with Gasteiger partial charge in [-0.05, 0) is 54.8 Å². The lowest BCUT2D eigenvalue weighted by molar-refractivity contribution is 0.0947. The summed E-state index contributed by atoms with van der Waals surface area (Å²) in [6.07, 6.45) is 1.01. The molecule has 0 aliphatic heterocycles. The third-order valence-electron chi connectivity index (χ3n) is 3.64. The Labute approximate surface area is 137 Å². The van der Waals surface area contributed by atoms with Crippen molar-refractivity contribution in [3.8, 4) is 11.5 Å². The Bertz CT molecular complexity index is 650. The average molecular weight is 313 g/mol. The van der Waals surface area contributed by atoms with E-state index in [4.69, 9.17) is 9.47 Å². The van der Waals surface area contributed by atoms with Crippen LogP contribution in [0.5, 0.6) is 11.5 Å². The van der Waals surface area contributed by atoms with Crippen molar-refractivity contribution < 1.29 is 14.3 Å². The van der Waals surface area contributed by atoms with Crippen molar-refractivity contribution in [2.75, 3.05) is 20.3 Å². The maximum absolute atomic E-state index is 12.1. The number of carbonyl (C=O) groups is 1. The molecule has 0 aliphatic carbocycles. The van der Waals surface area contributed by atoms with Crippen LogP contribution in [0.3, 0.4) is 0 Å². The molecule has 0 fully saturated rings. The lowest BCUT2D eigenvalue weighted by Gasteiger charge is -2.10. The van der Waals surface area contributed by atoms with E-state index >= 15 is 0 Å². The molecule has 0 atom stereocenters. The lowest BCUT2D eigenvalue weighted by atomic mass is 10.1. The van der Waals surface area contributed by atoms with Gasteiger partial charge in [-0.3, -0.25) is 4.79 Å². The van der Waals surface area contributed by atoms with Crippen LogP contribution >= 0.6 is 0 Å². The van der Waals surface area contributed by atoms with Gasteiger partial charge in [0.25, 0.3) is 5.91 Å². The van der Waals surface area contributed by atoms with E-state index in [-0.39, 0.29) is 5.91 Å². The summed E-state index contributed by atoms with van der Waals surface area (Å²) in [5, 5.41) is 2.85. The van der Waals surface area contributed by atoms with Gasteiger partial charge in [-0.2, -0.15) is 0 Å². The van der Waals surface area contributed by atoms with Gasteiger partial charge in [0, 0.05) is 5.56 Å². The monoisotopic (exact) mass is 313 g/mol. The maximum Gasteiger partial charge on any atom is 0.251 e.